The Morgan fingerprint density at radius 1 is 1.37 bits per heavy atom. The first-order chi connectivity index (χ1) is 9.16. The van der Waals surface area contributed by atoms with Gasteiger partial charge in [-0.25, -0.2) is 9.95 Å². The fourth-order valence-electron chi connectivity index (χ4n) is 2.93. The fraction of sp³-hybridized carbons (Fsp3) is 0.400. The number of hydrogen-bond acceptors (Lipinski definition) is 3. The van der Waals surface area contributed by atoms with Crippen LogP contribution in [0.3, 0.4) is 0 Å². The molecule has 0 fully saturated rings. The van der Waals surface area contributed by atoms with Gasteiger partial charge < -0.3 is 4.52 Å². The smallest absolute Gasteiger partial charge is 0.338 e. The number of nitrogens with one attached hydrogen (secondary N) is 1. The summed E-state index contributed by atoms with van der Waals surface area (Å²) in [5.41, 5.74) is 2.78. The predicted octanol–water partition coefficient (Wildman–Crippen LogP) is 2.68. The molecule has 19 heavy (non-hydrogen) atoms. The van der Waals surface area contributed by atoms with Crippen molar-refractivity contribution in [3.05, 3.63) is 57.6 Å². The Bertz CT molecular complexity index is 613. The second-order valence-electron chi connectivity index (χ2n) is 5.46. The van der Waals surface area contributed by atoms with E-state index in [0.717, 1.165) is 17.8 Å². The SMILES string of the molecule is CC(C)C1c2[nH]oc(=O)c2CN1Cc1ccccc1. The van der Waals surface area contributed by atoms with Gasteiger partial charge in [-0.2, -0.15) is 0 Å². The minimum atomic E-state index is -0.226. The minimum Gasteiger partial charge on any atom is -0.338 e. The zero-order chi connectivity index (χ0) is 13.4. The van der Waals surface area contributed by atoms with Crippen LogP contribution in [0.15, 0.2) is 39.6 Å². The quantitative estimate of drug-likeness (QED) is 0.920. The highest BCUT2D eigenvalue weighted by Crippen LogP contribution is 2.37. The molecule has 1 aromatic carbocycles. The van der Waals surface area contributed by atoms with Crippen LogP contribution in [0.4, 0.5) is 0 Å². The molecular weight excluding hydrogens is 240 g/mol. The molecule has 4 heteroatoms. The van der Waals surface area contributed by atoms with E-state index >= 15 is 0 Å². The molecule has 100 valence electrons. The molecule has 3 rings (SSSR count). The molecule has 2 heterocycles. The summed E-state index contributed by atoms with van der Waals surface area (Å²) >= 11 is 0. The monoisotopic (exact) mass is 258 g/mol. The van der Waals surface area contributed by atoms with E-state index in [4.69, 9.17) is 4.52 Å². The summed E-state index contributed by atoms with van der Waals surface area (Å²) in [5, 5.41) is 2.80. The van der Waals surface area contributed by atoms with E-state index in [1.54, 1.807) is 0 Å². The van der Waals surface area contributed by atoms with Crippen molar-refractivity contribution in [3.63, 3.8) is 0 Å². The Hall–Kier alpha value is -1.81. The first-order valence-electron chi connectivity index (χ1n) is 6.65. The standard InChI is InChI=1S/C15H18N2O2/c1-10(2)14-13-12(15(18)19-16-13)9-17(14)8-11-6-4-3-5-7-11/h3-7,10,14,16H,8-9H2,1-2H3. The minimum absolute atomic E-state index is 0.224. The maximum atomic E-state index is 11.7. The number of aromatic nitrogens is 1. The van der Waals surface area contributed by atoms with Crippen LogP contribution in [-0.4, -0.2) is 10.1 Å². The van der Waals surface area contributed by atoms with Crippen LogP contribution in [0.1, 0.15) is 36.7 Å². The van der Waals surface area contributed by atoms with Gasteiger partial charge >= 0.3 is 5.63 Å². The predicted molar refractivity (Wildman–Crippen MR) is 72.6 cm³/mol. The molecule has 0 bridgehead atoms. The summed E-state index contributed by atoms with van der Waals surface area (Å²) < 4.78 is 4.91. The number of hydrogen-bond donors (Lipinski definition) is 1. The van der Waals surface area contributed by atoms with Crippen LogP contribution in [-0.2, 0) is 13.1 Å². The normalized spacial score (nSPS) is 19.0. The van der Waals surface area contributed by atoms with Crippen LogP contribution in [0, 0.1) is 5.92 Å². The Labute approximate surface area is 112 Å². The van der Waals surface area contributed by atoms with Gasteiger partial charge in [0, 0.05) is 13.1 Å². The lowest BCUT2D eigenvalue weighted by Crippen LogP contribution is -2.26. The maximum Gasteiger partial charge on any atom is 0.362 e. The van der Waals surface area contributed by atoms with Gasteiger partial charge in [-0.15, -0.1) is 0 Å². The molecule has 0 amide bonds. The number of fused-ring (bicyclic) bond motifs is 1. The van der Waals surface area contributed by atoms with Gasteiger partial charge in [0.15, 0.2) is 0 Å². The van der Waals surface area contributed by atoms with Gasteiger partial charge in [0.25, 0.3) is 0 Å². The van der Waals surface area contributed by atoms with E-state index in [0.29, 0.717) is 12.5 Å². The zero-order valence-corrected chi connectivity index (χ0v) is 11.2. The van der Waals surface area contributed by atoms with Crippen LogP contribution >= 0.6 is 0 Å². The van der Waals surface area contributed by atoms with E-state index in [9.17, 15) is 4.79 Å². The summed E-state index contributed by atoms with van der Waals surface area (Å²) in [4.78, 5) is 14.0. The summed E-state index contributed by atoms with van der Waals surface area (Å²) in [6.07, 6.45) is 0. The van der Waals surface area contributed by atoms with E-state index in [1.165, 1.54) is 5.56 Å². The fourth-order valence-corrected chi connectivity index (χ4v) is 2.93. The third kappa shape index (κ3) is 2.12. The molecule has 1 unspecified atom stereocenters. The molecule has 1 atom stereocenters. The number of nitrogens with zero attached hydrogens (tertiary/aromatic N) is 1. The number of benzene rings is 1. The molecule has 0 spiro atoms. The maximum absolute atomic E-state index is 11.7. The lowest BCUT2D eigenvalue weighted by Gasteiger charge is -2.27. The third-order valence-corrected chi connectivity index (χ3v) is 3.74. The second-order valence-corrected chi connectivity index (χ2v) is 5.46. The van der Waals surface area contributed by atoms with Gasteiger partial charge in [-0.05, 0) is 11.5 Å². The van der Waals surface area contributed by atoms with Crippen molar-refractivity contribution in [1.29, 1.82) is 0 Å². The molecule has 0 saturated carbocycles. The summed E-state index contributed by atoms with van der Waals surface area (Å²) in [5.74, 6) is 0.429. The number of aromatic amines is 1. The summed E-state index contributed by atoms with van der Waals surface area (Å²) in [7, 11) is 0. The largest absolute Gasteiger partial charge is 0.362 e. The number of H-pyrrole nitrogens is 1. The second kappa shape index (κ2) is 4.70. The van der Waals surface area contributed by atoms with Gasteiger partial charge in [0.1, 0.15) is 0 Å². The molecule has 2 aromatic rings. The van der Waals surface area contributed by atoms with E-state index in [-0.39, 0.29) is 11.7 Å². The van der Waals surface area contributed by atoms with Gasteiger partial charge in [-0.1, -0.05) is 44.2 Å². The van der Waals surface area contributed by atoms with E-state index < -0.39 is 0 Å². The van der Waals surface area contributed by atoms with Gasteiger partial charge in [0.05, 0.1) is 17.3 Å². The Morgan fingerprint density at radius 2 is 2.11 bits per heavy atom. The summed E-state index contributed by atoms with van der Waals surface area (Å²) in [6.45, 7) is 5.86. The van der Waals surface area contributed by atoms with Crippen LogP contribution < -0.4 is 5.63 Å². The van der Waals surface area contributed by atoms with Crippen molar-refractivity contribution in [2.75, 3.05) is 0 Å². The van der Waals surface area contributed by atoms with Crippen molar-refractivity contribution in [1.82, 2.24) is 10.1 Å². The lowest BCUT2D eigenvalue weighted by molar-refractivity contribution is 0.151. The van der Waals surface area contributed by atoms with Crippen molar-refractivity contribution in [2.45, 2.75) is 33.0 Å². The molecule has 0 radical (unpaired) electrons. The van der Waals surface area contributed by atoms with Crippen molar-refractivity contribution in [3.8, 4) is 0 Å². The summed E-state index contributed by atoms with van der Waals surface area (Å²) in [6, 6.07) is 10.6. The zero-order valence-electron chi connectivity index (χ0n) is 11.2. The Kier molecular flexibility index (Phi) is 3.03. The molecule has 1 aliphatic rings. The van der Waals surface area contributed by atoms with E-state index in [2.05, 4.69) is 36.0 Å². The van der Waals surface area contributed by atoms with Crippen LogP contribution in [0.5, 0.6) is 0 Å². The van der Waals surface area contributed by atoms with Crippen molar-refractivity contribution in [2.24, 2.45) is 5.92 Å². The molecule has 1 aliphatic heterocycles. The van der Waals surface area contributed by atoms with Crippen LogP contribution in [0.2, 0.25) is 0 Å². The molecule has 1 N–H and O–H groups in total. The van der Waals surface area contributed by atoms with Gasteiger partial charge in [0.2, 0.25) is 0 Å². The Balaban J connectivity index is 1.89. The van der Waals surface area contributed by atoms with Crippen molar-refractivity contribution < 1.29 is 4.52 Å². The first-order valence-corrected chi connectivity index (χ1v) is 6.65. The molecule has 0 saturated heterocycles. The Morgan fingerprint density at radius 3 is 2.79 bits per heavy atom. The molecule has 1 aromatic heterocycles. The molecular formula is C15H18N2O2. The van der Waals surface area contributed by atoms with Gasteiger partial charge in [-0.3, -0.25) is 4.90 Å². The average Bonchev–Trinajstić information content (AvgIpc) is 2.91. The van der Waals surface area contributed by atoms with Crippen molar-refractivity contribution >= 4 is 0 Å². The van der Waals surface area contributed by atoms with Crippen LogP contribution in [0.25, 0.3) is 0 Å². The topological polar surface area (TPSA) is 49.2 Å². The average molecular weight is 258 g/mol. The highest BCUT2D eigenvalue weighted by Gasteiger charge is 2.36. The lowest BCUT2D eigenvalue weighted by atomic mass is 10.0. The molecule has 4 nitrogen and oxygen atoms in total. The highest BCUT2D eigenvalue weighted by atomic mass is 16.5. The van der Waals surface area contributed by atoms with E-state index in [1.807, 2.05) is 18.2 Å². The highest BCUT2D eigenvalue weighted by molar-refractivity contribution is 5.26. The first kappa shape index (κ1) is 12.2. The number of rotatable bonds is 3. The third-order valence-electron chi connectivity index (χ3n) is 3.74. The molecule has 0 aliphatic carbocycles.